The average molecular weight is 387 g/mol. The number of alkyl halides is 1. The maximum atomic E-state index is 11.2. The van der Waals surface area contributed by atoms with Gasteiger partial charge in [-0.2, -0.15) is 0 Å². The number of nitrogens with one attached hydrogen (secondary N) is 1. The number of fused-ring (bicyclic) bond motifs is 1. The molecule has 0 amide bonds. The van der Waals surface area contributed by atoms with Crippen molar-refractivity contribution in [1.29, 1.82) is 0 Å². The Balaban J connectivity index is 1.87. The van der Waals surface area contributed by atoms with Crippen molar-refractivity contribution < 1.29 is 4.42 Å². The topological polar surface area (TPSA) is 46.0 Å². The largest absolute Gasteiger partial charge is 0.417 e. The van der Waals surface area contributed by atoms with Crippen LogP contribution in [-0.4, -0.2) is 4.98 Å². The highest BCUT2D eigenvalue weighted by Gasteiger charge is 2.12. The van der Waals surface area contributed by atoms with Crippen LogP contribution in [0.3, 0.4) is 0 Å². The molecule has 0 saturated heterocycles. The van der Waals surface area contributed by atoms with E-state index in [2.05, 4.69) is 20.9 Å². The second-order valence-electron chi connectivity index (χ2n) is 4.69. The van der Waals surface area contributed by atoms with Crippen molar-refractivity contribution in [2.45, 2.75) is 11.2 Å². The van der Waals surface area contributed by atoms with Crippen LogP contribution in [0.1, 0.15) is 16.0 Å². The quantitative estimate of drug-likeness (QED) is 0.636. The number of H-pyrrole nitrogens is 1. The van der Waals surface area contributed by atoms with Gasteiger partial charge in [0.2, 0.25) is 0 Å². The first-order valence-corrected chi connectivity index (χ1v) is 7.91. The lowest BCUT2D eigenvalue weighted by Crippen LogP contribution is -1.95. The Morgan fingerprint density at radius 2 is 1.95 bits per heavy atom. The summed E-state index contributed by atoms with van der Waals surface area (Å²) in [7, 11) is 0. The van der Waals surface area contributed by atoms with Gasteiger partial charge in [-0.05, 0) is 41.8 Å². The standard InChI is InChI=1S/C15H10BrCl2NO2/c16-10(5-8-1-3-11(17)12(18)6-8)9-2-4-13-14(7-9)21-15(20)19-13/h1-4,6-7,10H,5H2,(H,19,20). The zero-order chi connectivity index (χ0) is 15.0. The third-order valence-electron chi connectivity index (χ3n) is 3.21. The molecule has 2 aromatic carbocycles. The minimum Gasteiger partial charge on any atom is -0.408 e. The lowest BCUT2D eigenvalue weighted by atomic mass is 10.0. The molecule has 1 heterocycles. The highest BCUT2D eigenvalue weighted by molar-refractivity contribution is 9.09. The molecular weight excluding hydrogens is 377 g/mol. The Morgan fingerprint density at radius 3 is 2.71 bits per heavy atom. The number of aromatic amines is 1. The molecule has 0 aliphatic carbocycles. The summed E-state index contributed by atoms with van der Waals surface area (Å²) in [6.07, 6.45) is 0.747. The van der Waals surface area contributed by atoms with Crippen molar-refractivity contribution >= 4 is 50.2 Å². The molecule has 0 bridgehead atoms. The van der Waals surface area contributed by atoms with Crippen molar-refractivity contribution in [3.8, 4) is 0 Å². The fourth-order valence-electron chi connectivity index (χ4n) is 2.15. The van der Waals surface area contributed by atoms with Crippen molar-refractivity contribution in [2.24, 2.45) is 0 Å². The summed E-state index contributed by atoms with van der Waals surface area (Å²) in [4.78, 5) is 13.9. The van der Waals surface area contributed by atoms with Crippen LogP contribution in [0.4, 0.5) is 0 Å². The Hall–Kier alpha value is -1.23. The van der Waals surface area contributed by atoms with Gasteiger partial charge in [-0.25, -0.2) is 4.79 Å². The molecule has 1 N–H and O–H groups in total. The summed E-state index contributed by atoms with van der Waals surface area (Å²) in [6, 6.07) is 11.2. The smallest absolute Gasteiger partial charge is 0.408 e. The highest BCUT2D eigenvalue weighted by atomic mass is 79.9. The number of halogens is 3. The van der Waals surface area contributed by atoms with Crippen LogP contribution in [0.25, 0.3) is 11.1 Å². The van der Waals surface area contributed by atoms with E-state index in [0.717, 1.165) is 17.5 Å². The number of hydrogen-bond donors (Lipinski definition) is 1. The van der Waals surface area contributed by atoms with Gasteiger partial charge in [0.25, 0.3) is 0 Å². The van der Waals surface area contributed by atoms with E-state index in [1.807, 2.05) is 30.3 Å². The Labute approximate surface area is 139 Å². The molecule has 3 nitrogen and oxygen atoms in total. The zero-order valence-electron chi connectivity index (χ0n) is 10.7. The molecule has 108 valence electrons. The molecule has 21 heavy (non-hydrogen) atoms. The van der Waals surface area contributed by atoms with E-state index in [4.69, 9.17) is 27.6 Å². The Kier molecular flexibility index (Phi) is 4.11. The molecule has 1 atom stereocenters. The van der Waals surface area contributed by atoms with Crippen LogP contribution in [0, 0.1) is 0 Å². The van der Waals surface area contributed by atoms with Gasteiger partial charge in [0, 0.05) is 4.83 Å². The third-order valence-corrected chi connectivity index (χ3v) is 4.80. The second-order valence-corrected chi connectivity index (χ2v) is 6.61. The van der Waals surface area contributed by atoms with Crippen molar-refractivity contribution in [2.75, 3.05) is 0 Å². The van der Waals surface area contributed by atoms with Crippen LogP contribution >= 0.6 is 39.1 Å². The summed E-state index contributed by atoms with van der Waals surface area (Å²) in [5, 5.41) is 1.09. The molecule has 0 spiro atoms. The summed E-state index contributed by atoms with van der Waals surface area (Å²) >= 11 is 15.6. The van der Waals surface area contributed by atoms with Gasteiger partial charge in [-0.15, -0.1) is 0 Å². The molecule has 0 saturated carbocycles. The lowest BCUT2D eigenvalue weighted by Gasteiger charge is -2.11. The number of benzene rings is 2. The van der Waals surface area contributed by atoms with Crippen LogP contribution in [0.5, 0.6) is 0 Å². The van der Waals surface area contributed by atoms with Crippen molar-refractivity contribution in [3.63, 3.8) is 0 Å². The average Bonchev–Trinajstić information content (AvgIpc) is 2.82. The van der Waals surface area contributed by atoms with Gasteiger partial charge in [0.1, 0.15) is 0 Å². The predicted octanol–water partition coefficient (Wildman–Crippen LogP) is 5.11. The maximum Gasteiger partial charge on any atom is 0.417 e. The van der Waals surface area contributed by atoms with Gasteiger partial charge in [-0.3, -0.25) is 4.98 Å². The summed E-state index contributed by atoms with van der Waals surface area (Å²) < 4.78 is 5.07. The molecule has 3 aromatic rings. The minimum absolute atomic E-state index is 0.0827. The third kappa shape index (κ3) is 3.18. The Morgan fingerprint density at radius 1 is 1.14 bits per heavy atom. The van der Waals surface area contributed by atoms with Crippen LogP contribution < -0.4 is 5.76 Å². The van der Waals surface area contributed by atoms with E-state index in [-0.39, 0.29) is 4.83 Å². The summed E-state index contributed by atoms with van der Waals surface area (Å²) in [6.45, 7) is 0. The van der Waals surface area contributed by atoms with Gasteiger partial charge >= 0.3 is 5.76 Å². The molecule has 0 aliphatic rings. The fraction of sp³-hybridized carbons (Fsp3) is 0.133. The maximum absolute atomic E-state index is 11.2. The monoisotopic (exact) mass is 385 g/mol. The zero-order valence-corrected chi connectivity index (χ0v) is 13.8. The molecule has 1 aromatic heterocycles. The van der Waals surface area contributed by atoms with Gasteiger partial charge in [-0.1, -0.05) is 51.3 Å². The van der Waals surface area contributed by atoms with Crippen LogP contribution in [0.15, 0.2) is 45.6 Å². The number of aromatic nitrogens is 1. The molecule has 3 rings (SSSR count). The van der Waals surface area contributed by atoms with Gasteiger partial charge in [0.15, 0.2) is 5.58 Å². The normalized spacial score (nSPS) is 12.7. The lowest BCUT2D eigenvalue weighted by molar-refractivity contribution is 0.555. The molecule has 0 fully saturated rings. The van der Waals surface area contributed by atoms with E-state index in [0.29, 0.717) is 21.1 Å². The minimum atomic E-state index is -0.447. The van der Waals surface area contributed by atoms with Crippen LogP contribution in [-0.2, 0) is 6.42 Å². The predicted molar refractivity (Wildman–Crippen MR) is 88.7 cm³/mol. The summed E-state index contributed by atoms with van der Waals surface area (Å²) in [5.41, 5.74) is 3.34. The van der Waals surface area contributed by atoms with Crippen molar-refractivity contribution in [3.05, 3.63) is 68.1 Å². The first-order chi connectivity index (χ1) is 10.0. The van der Waals surface area contributed by atoms with E-state index < -0.39 is 5.76 Å². The summed E-state index contributed by atoms with van der Waals surface area (Å²) in [5.74, 6) is -0.447. The molecular formula is C15H10BrCl2NO2. The van der Waals surface area contributed by atoms with E-state index in [1.54, 1.807) is 6.07 Å². The number of hydrogen-bond acceptors (Lipinski definition) is 2. The first-order valence-electron chi connectivity index (χ1n) is 6.24. The molecule has 6 heteroatoms. The number of rotatable bonds is 3. The van der Waals surface area contributed by atoms with Gasteiger partial charge in [0.05, 0.1) is 15.6 Å². The molecule has 1 unspecified atom stereocenters. The second kappa shape index (κ2) is 5.87. The van der Waals surface area contributed by atoms with E-state index >= 15 is 0 Å². The molecule has 0 aliphatic heterocycles. The fourth-order valence-corrected chi connectivity index (χ4v) is 3.13. The highest BCUT2D eigenvalue weighted by Crippen LogP contribution is 2.31. The van der Waals surface area contributed by atoms with Crippen molar-refractivity contribution in [1.82, 2.24) is 4.98 Å². The SMILES string of the molecule is O=c1[nH]c2ccc(C(Br)Cc3ccc(Cl)c(Cl)c3)cc2o1. The van der Waals surface area contributed by atoms with Gasteiger partial charge < -0.3 is 4.42 Å². The van der Waals surface area contributed by atoms with E-state index in [9.17, 15) is 4.79 Å². The molecule has 0 radical (unpaired) electrons. The first kappa shape index (κ1) is 14.7. The van der Waals surface area contributed by atoms with E-state index in [1.165, 1.54) is 0 Å². The Bertz CT molecular complexity index is 856. The number of oxazole rings is 1. The van der Waals surface area contributed by atoms with Crippen LogP contribution in [0.2, 0.25) is 10.0 Å².